The average molecular weight is 342 g/mol. The molecule has 0 aliphatic rings. The van der Waals surface area contributed by atoms with Crippen molar-refractivity contribution in [3.05, 3.63) is 48.4 Å². The molecule has 7 nitrogen and oxygen atoms in total. The molecule has 2 rings (SSSR count). The van der Waals surface area contributed by atoms with E-state index in [2.05, 4.69) is 20.6 Å². The van der Waals surface area contributed by atoms with Crippen molar-refractivity contribution in [3.8, 4) is 5.75 Å². The number of nitrogens with zero attached hydrogens (tertiary/aromatic N) is 2. The lowest BCUT2D eigenvalue weighted by Crippen LogP contribution is -2.42. The number of amides is 2. The summed E-state index contributed by atoms with van der Waals surface area (Å²) in [7, 11) is 0. The van der Waals surface area contributed by atoms with Crippen molar-refractivity contribution in [1.29, 1.82) is 0 Å². The second kappa shape index (κ2) is 8.77. The molecule has 132 valence electrons. The van der Waals surface area contributed by atoms with Gasteiger partial charge in [0.05, 0.1) is 5.92 Å². The van der Waals surface area contributed by atoms with Gasteiger partial charge in [0, 0.05) is 30.6 Å². The Labute approximate surface area is 146 Å². The Hall–Kier alpha value is -2.96. The summed E-state index contributed by atoms with van der Waals surface area (Å²) in [5.74, 6) is -0.951. The Morgan fingerprint density at radius 1 is 1.12 bits per heavy atom. The van der Waals surface area contributed by atoms with Crippen LogP contribution in [0, 0.1) is 5.92 Å². The number of hydrogen-bond acceptors (Lipinski definition) is 5. The van der Waals surface area contributed by atoms with Crippen LogP contribution < -0.4 is 10.6 Å². The molecule has 2 amide bonds. The van der Waals surface area contributed by atoms with Crippen molar-refractivity contribution in [1.82, 2.24) is 15.3 Å². The number of carbonyl (C=O) groups is 2. The number of hydrogen-bond donors (Lipinski definition) is 3. The van der Waals surface area contributed by atoms with Gasteiger partial charge in [0.15, 0.2) is 11.6 Å². The predicted molar refractivity (Wildman–Crippen MR) is 93.9 cm³/mol. The third-order valence-corrected chi connectivity index (χ3v) is 3.91. The van der Waals surface area contributed by atoms with Gasteiger partial charge in [-0.15, -0.1) is 0 Å². The SMILES string of the molecule is C[C@H](C(=O)Nc1ncccc1O)[C@@H](C)NC(=O)CCc1ccccn1. The molecule has 7 heteroatoms. The number of pyridine rings is 2. The molecule has 0 aromatic carbocycles. The lowest BCUT2D eigenvalue weighted by atomic mass is 10.0. The Bertz CT molecular complexity index is 721. The molecule has 3 N–H and O–H groups in total. The minimum Gasteiger partial charge on any atom is -0.504 e. The number of rotatable bonds is 7. The van der Waals surface area contributed by atoms with Gasteiger partial charge in [0.1, 0.15) is 0 Å². The van der Waals surface area contributed by atoms with Crippen molar-refractivity contribution in [3.63, 3.8) is 0 Å². The molecule has 0 aliphatic heterocycles. The van der Waals surface area contributed by atoms with Crippen molar-refractivity contribution in [2.45, 2.75) is 32.7 Å². The first-order valence-corrected chi connectivity index (χ1v) is 8.11. The molecule has 0 fully saturated rings. The fourth-order valence-corrected chi connectivity index (χ4v) is 2.19. The molecule has 0 radical (unpaired) electrons. The highest BCUT2D eigenvalue weighted by Crippen LogP contribution is 2.19. The van der Waals surface area contributed by atoms with E-state index >= 15 is 0 Å². The van der Waals surface area contributed by atoms with Gasteiger partial charge in [-0.05, 0) is 37.6 Å². The first-order chi connectivity index (χ1) is 12.0. The van der Waals surface area contributed by atoms with Gasteiger partial charge < -0.3 is 15.7 Å². The maximum atomic E-state index is 12.2. The predicted octanol–water partition coefficient (Wildman–Crippen LogP) is 1.89. The summed E-state index contributed by atoms with van der Waals surface area (Å²) >= 11 is 0. The third-order valence-electron chi connectivity index (χ3n) is 3.91. The highest BCUT2D eigenvalue weighted by molar-refractivity contribution is 5.93. The van der Waals surface area contributed by atoms with Crippen LogP contribution in [-0.2, 0) is 16.0 Å². The van der Waals surface area contributed by atoms with Crippen LogP contribution in [0.4, 0.5) is 5.82 Å². The van der Waals surface area contributed by atoms with E-state index in [1.54, 1.807) is 26.1 Å². The van der Waals surface area contributed by atoms with Crippen LogP contribution in [0.1, 0.15) is 26.0 Å². The van der Waals surface area contributed by atoms with Crippen molar-refractivity contribution >= 4 is 17.6 Å². The van der Waals surface area contributed by atoms with Gasteiger partial charge in [-0.25, -0.2) is 4.98 Å². The normalized spacial score (nSPS) is 12.9. The van der Waals surface area contributed by atoms with E-state index in [9.17, 15) is 14.7 Å². The second-order valence-electron chi connectivity index (χ2n) is 5.83. The second-order valence-corrected chi connectivity index (χ2v) is 5.83. The number of aromatic nitrogens is 2. The smallest absolute Gasteiger partial charge is 0.230 e. The Morgan fingerprint density at radius 3 is 2.56 bits per heavy atom. The molecular weight excluding hydrogens is 320 g/mol. The lowest BCUT2D eigenvalue weighted by molar-refractivity contribution is -0.123. The average Bonchev–Trinajstić information content (AvgIpc) is 2.62. The maximum absolute atomic E-state index is 12.2. The topological polar surface area (TPSA) is 104 Å². The molecule has 0 unspecified atom stereocenters. The van der Waals surface area contributed by atoms with Crippen LogP contribution in [0.5, 0.6) is 5.75 Å². The van der Waals surface area contributed by atoms with Crippen molar-refractivity contribution in [2.24, 2.45) is 5.92 Å². The molecular formula is C18H22N4O3. The van der Waals surface area contributed by atoms with Gasteiger partial charge in [-0.3, -0.25) is 14.6 Å². The highest BCUT2D eigenvalue weighted by Gasteiger charge is 2.22. The Balaban J connectivity index is 1.82. The minimum atomic E-state index is -0.486. The molecule has 0 bridgehead atoms. The van der Waals surface area contributed by atoms with E-state index in [0.29, 0.717) is 12.8 Å². The van der Waals surface area contributed by atoms with Gasteiger partial charge in [-0.2, -0.15) is 0 Å². The lowest BCUT2D eigenvalue weighted by Gasteiger charge is -2.20. The summed E-state index contributed by atoms with van der Waals surface area (Å²) < 4.78 is 0. The zero-order valence-corrected chi connectivity index (χ0v) is 14.3. The summed E-state index contributed by atoms with van der Waals surface area (Å²) in [5.41, 5.74) is 0.849. The molecule has 25 heavy (non-hydrogen) atoms. The summed E-state index contributed by atoms with van der Waals surface area (Å²) in [4.78, 5) is 32.4. The molecule has 0 spiro atoms. The maximum Gasteiger partial charge on any atom is 0.230 e. The van der Waals surface area contributed by atoms with Crippen LogP contribution in [0.2, 0.25) is 0 Å². The fraction of sp³-hybridized carbons (Fsp3) is 0.333. The Morgan fingerprint density at radius 2 is 1.88 bits per heavy atom. The van der Waals surface area contributed by atoms with E-state index in [1.807, 2.05) is 18.2 Å². The molecule has 0 saturated carbocycles. The molecule has 2 aromatic heterocycles. The van der Waals surface area contributed by atoms with E-state index < -0.39 is 5.92 Å². The summed E-state index contributed by atoms with van der Waals surface area (Å²) in [6, 6.07) is 8.22. The molecule has 2 heterocycles. The first kappa shape index (κ1) is 18.4. The van der Waals surface area contributed by atoms with E-state index in [0.717, 1.165) is 5.69 Å². The zero-order chi connectivity index (χ0) is 18.2. The third kappa shape index (κ3) is 5.56. The summed E-state index contributed by atoms with van der Waals surface area (Å²) in [6.07, 6.45) is 4.01. The standard InChI is InChI=1S/C18H22N4O3/c1-12(18(25)22-17-15(23)7-5-11-20-17)13(2)21-16(24)9-8-14-6-3-4-10-19-14/h3-7,10-13,23H,8-9H2,1-2H3,(H,21,24)(H,20,22,25)/t12-,13+/m0/s1. The molecule has 0 saturated heterocycles. The monoisotopic (exact) mass is 342 g/mol. The van der Waals surface area contributed by atoms with Crippen LogP contribution in [0.3, 0.4) is 0 Å². The molecule has 2 aromatic rings. The van der Waals surface area contributed by atoms with Gasteiger partial charge >= 0.3 is 0 Å². The van der Waals surface area contributed by atoms with E-state index in [1.165, 1.54) is 12.3 Å². The largest absolute Gasteiger partial charge is 0.504 e. The van der Waals surface area contributed by atoms with Crippen molar-refractivity contribution in [2.75, 3.05) is 5.32 Å². The van der Waals surface area contributed by atoms with Gasteiger partial charge in [-0.1, -0.05) is 13.0 Å². The highest BCUT2D eigenvalue weighted by atomic mass is 16.3. The molecule has 2 atom stereocenters. The number of nitrogens with one attached hydrogen (secondary N) is 2. The fourth-order valence-electron chi connectivity index (χ4n) is 2.19. The van der Waals surface area contributed by atoms with E-state index in [4.69, 9.17) is 0 Å². The number of aryl methyl sites for hydroxylation is 1. The van der Waals surface area contributed by atoms with Crippen LogP contribution in [0.25, 0.3) is 0 Å². The molecule has 0 aliphatic carbocycles. The Kier molecular flexibility index (Phi) is 6.45. The zero-order valence-electron chi connectivity index (χ0n) is 14.3. The summed E-state index contributed by atoms with van der Waals surface area (Å²) in [5, 5.41) is 15.0. The van der Waals surface area contributed by atoms with E-state index in [-0.39, 0.29) is 29.4 Å². The minimum absolute atomic E-state index is 0.102. The first-order valence-electron chi connectivity index (χ1n) is 8.11. The number of carbonyl (C=O) groups excluding carboxylic acids is 2. The van der Waals surface area contributed by atoms with Crippen LogP contribution in [-0.4, -0.2) is 32.9 Å². The summed E-state index contributed by atoms with van der Waals surface area (Å²) in [6.45, 7) is 3.47. The number of aromatic hydroxyl groups is 1. The van der Waals surface area contributed by atoms with Gasteiger partial charge in [0.2, 0.25) is 11.8 Å². The number of anilines is 1. The van der Waals surface area contributed by atoms with Gasteiger partial charge in [0.25, 0.3) is 0 Å². The quantitative estimate of drug-likeness (QED) is 0.713. The van der Waals surface area contributed by atoms with Crippen molar-refractivity contribution < 1.29 is 14.7 Å². The van der Waals surface area contributed by atoms with Crippen LogP contribution in [0.15, 0.2) is 42.7 Å². The van der Waals surface area contributed by atoms with Crippen LogP contribution >= 0.6 is 0 Å².